The molecular formula is C18H22N2O3S. The summed E-state index contributed by atoms with van der Waals surface area (Å²) in [5.41, 5.74) is 3.59. The van der Waals surface area contributed by atoms with E-state index >= 15 is 0 Å². The van der Waals surface area contributed by atoms with Crippen LogP contribution in [0.2, 0.25) is 0 Å². The van der Waals surface area contributed by atoms with Crippen molar-refractivity contribution in [1.29, 1.82) is 0 Å². The Morgan fingerprint density at radius 3 is 2.46 bits per heavy atom. The molecule has 5 nitrogen and oxygen atoms in total. The largest absolute Gasteiger partial charge is 0.338 e. The van der Waals surface area contributed by atoms with Gasteiger partial charge in [-0.2, -0.15) is 0 Å². The number of aryl methyl sites for hydroxylation is 1. The summed E-state index contributed by atoms with van der Waals surface area (Å²) in [6.07, 6.45) is 1.94. The molecule has 2 amide bonds. The molecular weight excluding hydrogens is 324 g/mol. The van der Waals surface area contributed by atoms with Crippen molar-refractivity contribution in [2.45, 2.75) is 19.1 Å². The van der Waals surface area contributed by atoms with E-state index in [4.69, 9.17) is 0 Å². The Bertz CT molecular complexity index is 817. The van der Waals surface area contributed by atoms with Gasteiger partial charge in [0.1, 0.15) is 0 Å². The normalized spacial score (nSPS) is 11.1. The molecule has 0 bridgehead atoms. The van der Waals surface area contributed by atoms with Crippen LogP contribution in [0.25, 0.3) is 0 Å². The third-order valence-corrected chi connectivity index (χ3v) is 4.25. The zero-order valence-corrected chi connectivity index (χ0v) is 14.7. The molecule has 2 N–H and O–H groups in total. The molecule has 2 aromatic carbocycles. The van der Waals surface area contributed by atoms with Crippen LogP contribution in [0, 0.1) is 6.92 Å². The number of hydrogen-bond donors (Lipinski definition) is 2. The number of hydrogen-bond acceptors (Lipinski definition) is 3. The standard InChI is InChI=1S/C18H22N2O3S/c1-14-5-3-6-15(11-14)9-10-19-18(21)20-17-8-4-7-16(12-17)13-24(2,22)23/h3-8,11-12H,9-10,13H2,1-2H3,(H2,19,20,21). The summed E-state index contributed by atoms with van der Waals surface area (Å²) >= 11 is 0. The third kappa shape index (κ3) is 6.42. The van der Waals surface area contributed by atoms with Crippen molar-refractivity contribution >= 4 is 21.6 Å². The fourth-order valence-corrected chi connectivity index (χ4v) is 3.19. The number of rotatable bonds is 6. The zero-order valence-electron chi connectivity index (χ0n) is 13.9. The molecule has 0 atom stereocenters. The highest BCUT2D eigenvalue weighted by Gasteiger charge is 2.06. The lowest BCUT2D eigenvalue weighted by atomic mass is 10.1. The first kappa shape index (κ1) is 18.0. The number of carbonyl (C=O) groups excluding carboxylic acids is 1. The van der Waals surface area contributed by atoms with Crippen LogP contribution >= 0.6 is 0 Å². The van der Waals surface area contributed by atoms with Crippen molar-refractivity contribution < 1.29 is 13.2 Å². The molecule has 0 heterocycles. The van der Waals surface area contributed by atoms with E-state index in [0.29, 0.717) is 17.8 Å². The Kier molecular flexibility index (Phi) is 5.98. The molecule has 2 aromatic rings. The number of sulfone groups is 1. The smallest absolute Gasteiger partial charge is 0.319 e. The van der Waals surface area contributed by atoms with Crippen molar-refractivity contribution in [3.05, 3.63) is 65.2 Å². The summed E-state index contributed by atoms with van der Waals surface area (Å²) in [6, 6.07) is 14.7. The molecule has 0 unspecified atom stereocenters. The molecule has 128 valence electrons. The second-order valence-electron chi connectivity index (χ2n) is 5.89. The quantitative estimate of drug-likeness (QED) is 0.844. The van der Waals surface area contributed by atoms with E-state index in [0.717, 1.165) is 6.42 Å². The average Bonchev–Trinajstić information content (AvgIpc) is 2.45. The van der Waals surface area contributed by atoms with Crippen LogP contribution in [-0.2, 0) is 22.0 Å². The zero-order chi connectivity index (χ0) is 17.6. The molecule has 0 aliphatic heterocycles. The molecule has 2 rings (SSSR count). The first-order valence-corrected chi connectivity index (χ1v) is 9.75. The Labute approximate surface area is 143 Å². The van der Waals surface area contributed by atoms with Gasteiger partial charge in [0.25, 0.3) is 0 Å². The van der Waals surface area contributed by atoms with E-state index in [-0.39, 0.29) is 11.8 Å². The second kappa shape index (κ2) is 7.97. The lowest BCUT2D eigenvalue weighted by Crippen LogP contribution is -2.30. The molecule has 0 saturated carbocycles. The molecule has 6 heteroatoms. The number of carbonyl (C=O) groups is 1. The molecule has 0 radical (unpaired) electrons. The highest BCUT2D eigenvalue weighted by Crippen LogP contribution is 2.13. The minimum absolute atomic E-state index is 0.0441. The van der Waals surface area contributed by atoms with Crippen molar-refractivity contribution in [3.63, 3.8) is 0 Å². The van der Waals surface area contributed by atoms with E-state index in [1.165, 1.54) is 17.4 Å². The Hall–Kier alpha value is -2.34. The van der Waals surface area contributed by atoms with Gasteiger partial charge in [0.2, 0.25) is 0 Å². The van der Waals surface area contributed by atoms with E-state index < -0.39 is 9.84 Å². The molecule has 0 aromatic heterocycles. The Morgan fingerprint density at radius 1 is 1.04 bits per heavy atom. The SMILES string of the molecule is Cc1cccc(CCNC(=O)Nc2cccc(CS(C)(=O)=O)c2)c1. The Morgan fingerprint density at radius 2 is 1.75 bits per heavy atom. The summed E-state index contributed by atoms with van der Waals surface area (Å²) < 4.78 is 22.7. The molecule has 24 heavy (non-hydrogen) atoms. The van der Waals surface area contributed by atoms with Gasteiger partial charge in [-0.15, -0.1) is 0 Å². The maximum absolute atomic E-state index is 11.9. The summed E-state index contributed by atoms with van der Waals surface area (Å²) in [5, 5.41) is 5.52. The first-order chi connectivity index (χ1) is 11.3. The van der Waals surface area contributed by atoms with E-state index in [1.54, 1.807) is 24.3 Å². The second-order valence-corrected chi connectivity index (χ2v) is 8.03. The lowest BCUT2D eigenvalue weighted by molar-refractivity contribution is 0.252. The average molecular weight is 346 g/mol. The molecule has 0 spiro atoms. The maximum Gasteiger partial charge on any atom is 0.319 e. The number of anilines is 1. The fraction of sp³-hybridized carbons (Fsp3) is 0.278. The minimum atomic E-state index is -3.10. The number of benzene rings is 2. The molecule has 0 saturated heterocycles. The summed E-state index contributed by atoms with van der Waals surface area (Å²) in [7, 11) is -3.10. The van der Waals surface area contributed by atoms with Gasteiger partial charge in [-0.3, -0.25) is 0 Å². The van der Waals surface area contributed by atoms with Crippen LogP contribution in [0.1, 0.15) is 16.7 Å². The van der Waals surface area contributed by atoms with E-state index in [9.17, 15) is 13.2 Å². The monoisotopic (exact) mass is 346 g/mol. The van der Waals surface area contributed by atoms with Crippen LogP contribution in [0.15, 0.2) is 48.5 Å². The summed E-state index contributed by atoms with van der Waals surface area (Å²) in [5.74, 6) is -0.0441. The molecule has 0 aliphatic rings. The highest BCUT2D eigenvalue weighted by molar-refractivity contribution is 7.89. The van der Waals surface area contributed by atoms with Crippen LogP contribution in [-0.4, -0.2) is 27.2 Å². The number of urea groups is 1. The fourth-order valence-electron chi connectivity index (χ4n) is 2.40. The maximum atomic E-state index is 11.9. The van der Waals surface area contributed by atoms with Gasteiger partial charge in [0, 0.05) is 18.5 Å². The predicted molar refractivity (Wildman–Crippen MR) is 96.9 cm³/mol. The van der Waals surface area contributed by atoms with E-state index in [2.05, 4.69) is 16.7 Å². The topological polar surface area (TPSA) is 75.3 Å². The van der Waals surface area contributed by atoms with Gasteiger partial charge >= 0.3 is 6.03 Å². The van der Waals surface area contributed by atoms with Crippen LogP contribution in [0.3, 0.4) is 0 Å². The molecule has 0 aliphatic carbocycles. The molecule has 0 fully saturated rings. The van der Waals surface area contributed by atoms with Crippen LogP contribution in [0.5, 0.6) is 0 Å². The number of nitrogens with one attached hydrogen (secondary N) is 2. The summed E-state index contributed by atoms with van der Waals surface area (Å²) in [4.78, 5) is 11.9. The van der Waals surface area contributed by atoms with Crippen LogP contribution in [0.4, 0.5) is 10.5 Å². The van der Waals surface area contributed by atoms with Gasteiger partial charge in [-0.05, 0) is 36.6 Å². The summed E-state index contributed by atoms with van der Waals surface area (Å²) in [6.45, 7) is 2.56. The van der Waals surface area contributed by atoms with Gasteiger partial charge in [-0.25, -0.2) is 13.2 Å². The first-order valence-electron chi connectivity index (χ1n) is 7.69. The van der Waals surface area contributed by atoms with E-state index in [1.807, 2.05) is 25.1 Å². The van der Waals surface area contributed by atoms with Gasteiger partial charge < -0.3 is 10.6 Å². The van der Waals surface area contributed by atoms with Gasteiger partial charge in [-0.1, -0.05) is 42.0 Å². The minimum Gasteiger partial charge on any atom is -0.338 e. The number of amides is 2. The third-order valence-electron chi connectivity index (χ3n) is 3.40. The lowest BCUT2D eigenvalue weighted by Gasteiger charge is -2.09. The van der Waals surface area contributed by atoms with Crippen molar-refractivity contribution in [2.75, 3.05) is 18.1 Å². The van der Waals surface area contributed by atoms with Gasteiger partial charge in [0.05, 0.1) is 5.75 Å². The van der Waals surface area contributed by atoms with Crippen LogP contribution < -0.4 is 10.6 Å². The van der Waals surface area contributed by atoms with Crippen molar-refractivity contribution in [2.24, 2.45) is 0 Å². The van der Waals surface area contributed by atoms with Gasteiger partial charge in [0.15, 0.2) is 9.84 Å². The van der Waals surface area contributed by atoms with Crippen molar-refractivity contribution in [1.82, 2.24) is 5.32 Å². The van der Waals surface area contributed by atoms with Crippen molar-refractivity contribution in [3.8, 4) is 0 Å². The Balaban J connectivity index is 1.85. The highest BCUT2D eigenvalue weighted by atomic mass is 32.2. The predicted octanol–water partition coefficient (Wildman–Crippen LogP) is 2.90.